The Morgan fingerprint density at radius 1 is 1.26 bits per heavy atom. The fraction of sp³-hybridized carbons (Fsp3) is 0.688. The Morgan fingerprint density at radius 2 is 1.95 bits per heavy atom. The highest BCUT2D eigenvalue weighted by atomic mass is 35.5. The standard InChI is InChI=1S/C16H25ClN2/c1-4-13-5-7-15(8-6-13)19(3)16-10-14(11-17)9-12(2)18-16/h9-10,13,15H,4-8,11H2,1-3H3. The molecular formula is C16H25ClN2. The van der Waals surface area contributed by atoms with Crippen LogP contribution in [0.4, 0.5) is 5.82 Å². The molecule has 19 heavy (non-hydrogen) atoms. The topological polar surface area (TPSA) is 16.1 Å². The quantitative estimate of drug-likeness (QED) is 0.753. The minimum Gasteiger partial charge on any atom is -0.357 e. The van der Waals surface area contributed by atoms with E-state index in [1.165, 1.54) is 37.7 Å². The summed E-state index contributed by atoms with van der Waals surface area (Å²) in [6.45, 7) is 4.35. The van der Waals surface area contributed by atoms with Crippen molar-refractivity contribution in [2.45, 2.75) is 57.9 Å². The highest BCUT2D eigenvalue weighted by Gasteiger charge is 2.24. The van der Waals surface area contributed by atoms with E-state index in [4.69, 9.17) is 11.6 Å². The van der Waals surface area contributed by atoms with Crippen LogP contribution in [0.5, 0.6) is 0 Å². The van der Waals surface area contributed by atoms with Gasteiger partial charge in [0.15, 0.2) is 0 Å². The van der Waals surface area contributed by atoms with Gasteiger partial charge in [0.1, 0.15) is 5.82 Å². The number of nitrogens with zero attached hydrogens (tertiary/aromatic N) is 2. The molecule has 0 radical (unpaired) electrons. The van der Waals surface area contributed by atoms with E-state index in [-0.39, 0.29) is 0 Å². The molecule has 2 rings (SSSR count). The van der Waals surface area contributed by atoms with Gasteiger partial charge in [-0.3, -0.25) is 0 Å². The smallest absolute Gasteiger partial charge is 0.129 e. The fourth-order valence-electron chi connectivity index (χ4n) is 3.11. The van der Waals surface area contributed by atoms with Gasteiger partial charge in [0.05, 0.1) is 0 Å². The molecule has 1 fully saturated rings. The average molecular weight is 281 g/mol. The zero-order valence-corrected chi connectivity index (χ0v) is 13.1. The maximum atomic E-state index is 5.95. The van der Waals surface area contributed by atoms with Crippen molar-refractivity contribution >= 4 is 17.4 Å². The van der Waals surface area contributed by atoms with Crippen molar-refractivity contribution in [3.8, 4) is 0 Å². The zero-order chi connectivity index (χ0) is 13.8. The summed E-state index contributed by atoms with van der Waals surface area (Å²) < 4.78 is 0. The first-order chi connectivity index (χ1) is 9.13. The first-order valence-corrected chi connectivity index (χ1v) is 7.93. The monoisotopic (exact) mass is 280 g/mol. The van der Waals surface area contributed by atoms with Gasteiger partial charge in [-0.1, -0.05) is 13.3 Å². The summed E-state index contributed by atoms with van der Waals surface area (Å²) in [7, 11) is 2.18. The van der Waals surface area contributed by atoms with E-state index < -0.39 is 0 Å². The first-order valence-electron chi connectivity index (χ1n) is 7.40. The predicted octanol–water partition coefficient (Wildman–Crippen LogP) is 4.53. The molecule has 0 spiro atoms. The predicted molar refractivity (Wildman–Crippen MR) is 83.0 cm³/mol. The number of pyridine rings is 1. The molecule has 1 aromatic rings. The van der Waals surface area contributed by atoms with E-state index in [0.717, 1.165) is 17.4 Å². The molecule has 1 aromatic heterocycles. The first kappa shape index (κ1) is 14.6. The van der Waals surface area contributed by atoms with Crippen molar-refractivity contribution in [2.75, 3.05) is 11.9 Å². The molecule has 0 aromatic carbocycles. The Hall–Kier alpha value is -0.760. The van der Waals surface area contributed by atoms with E-state index in [2.05, 4.69) is 36.0 Å². The Bertz CT molecular complexity index is 411. The zero-order valence-electron chi connectivity index (χ0n) is 12.3. The third-order valence-electron chi connectivity index (χ3n) is 4.46. The van der Waals surface area contributed by atoms with E-state index in [1.54, 1.807) is 0 Å². The van der Waals surface area contributed by atoms with Gasteiger partial charge in [-0.05, 0) is 56.2 Å². The molecule has 0 bridgehead atoms. The lowest BCUT2D eigenvalue weighted by Crippen LogP contribution is -2.35. The van der Waals surface area contributed by atoms with Gasteiger partial charge in [-0.2, -0.15) is 0 Å². The fourth-order valence-corrected chi connectivity index (χ4v) is 3.26. The third kappa shape index (κ3) is 3.62. The van der Waals surface area contributed by atoms with Crippen LogP contribution in [0.25, 0.3) is 0 Å². The summed E-state index contributed by atoms with van der Waals surface area (Å²) in [4.78, 5) is 7.02. The molecule has 1 heterocycles. The van der Waals surface area contributed by atoms with Crippen molar-refractivity contribution in [3.63, 3.8) is 0 Å². The molecule has 106 valence electrons. The van der Waals surface area contributed by atoms with Crippen LogP contribution < -0.4 is 4.90 Å². The van der Waals surface area contributed by atoms with Gasteiger partial charge in [-0.15, -0.1) is 11.6 Å². The third-order valence-corrected chi connectivity index (χ3v) is 4.77. The van der Waals surface area contributed by atoms with E-state index >= 15 is 0 Å². The van der Waals surface area contributed by atoms with Crippen LogP contribution in [0.2, 0.25) is 0 Å². The highest BCUT2D eigenvalue weighted by molar-refractivity contribution is 6.17. The normalized spacial score (nSPS) is 23.4. The Kier molecular flexibility index (Phi) is 5.09. The van der Waals surface area contributed by atoms with E-state index in [1.807, 2.05) is 6.92 Å². The van der Waals surface area contributed by atoms with E-state index in [9.17, 15) is 0 Å². The number of halogens is 1. The van der Waals surface area contributed by atoms with Crippen molar-refractivity contribution < 1.29 is 0 Å². The van der Waals surface area contributed by atoms with Crippen LogP contribution in [-0.4, -0.2) is 18.1 Å². The van der Waals surface area contributed by atoms with Crippen LogP contribution in [0, 0.1) is 12.8 Å². The summed E-state index contributed by atoms with van der Waals surface area (Å²) in [5.74, 6) is 2.58. The number of anilines is 1. The van der Waals surface area contributed by atoms with Gasteiger partial charge in [-0.25, -0.2) is 4.98 Å². The van der Waals surface area contributed by atoms with Crippen molar-refractivity contribution in [3.05, 3.63) is 23.4 Å². The molecule has 0 amide bonds. The Morgan fingerprint density at radius 3 is 2.53 bits per heavy atom. The molecule has 1 saturated carbocycles. The summed E-state index contributed by atoms with van der Waals surface area (Å²) in [5, 5.41) is 0. The molecule has 1 aliphatic carbocycles. The lowest BCUT2D eigenvalue weighted by molar-refractivity contribution is 0.313. The molecule has 0 saturated heterocycles. The minimum absolute atomic E-state index is 0.562. The summed E-state index contributed by atoms with van der Waals surface area (Å²) in [6.07, 6.45) is 6.64. The molecular weight excluding hydrogens is 256 g/mol. The number of rotatable bonds is 4. The van der Waals surface area contributed by atoms with Crippen molar-refractivity contribution in [2.24, 2.45) is 5.92 Å². The number of aromatic nitrogens is 1. The molecule has 2 nitrogen and oxygen atoms in total. The second kappa shape index (κ2) is 6.60. The minimum atomic E-state index is 0.562. The Labute approximate surface area is 122 Å². The molecule has 1 aliphatic rings. The average Bonchev–Trinajstić information content (AvgIpc) is 2.46. The summed E-state index contributed by atoms with van der Waals surface area (Å²) in [6, 6.07) is 4.84. The molecule has 3 heteroatoms. The van der Waals surface area contributed by atoms with E-state index in [0.29, 0.717) is 11.9 Å². The van der Waals surface area contributed by atoms with Gasteiger partial charge in [0.2, 0.25) is 0 Å². The lowest BCUT2D eigenvalue weighted by atomic mass is 9.84. The SMILES string of the molecule is CCC1CCC(N(C)c2cc(CCl)cc(C)n2)CC1. The highest BCUT2D eigenvalue weighted by Crippen LogP contribution is 2.31. The van der Waals surface area contributed by atoms with Crippen LogP contribution in [-0.2, 0) is 5.88 Å². The number of hydrogen-bond acceptors (Lipinski definition) is 2. The molecule has 0 N–H and O–H groups in total. The van der Waals surface area contributed by atoms with Crippen LogP contribution >= 0.6 is 11.6 Å². The second-order valence-corrected chi connectivity index (χ2v) is 6.07. The van der Waals surface area contributed by atoms with Gasteiger partial charge in [0.25, 0.3) is 0 Å². The van der Waals surface area contributed by atoms with Crippen molar-refractivity contribution in [1.29, 1.82) is 0 Å². The van der Waals surface area contributed by atoms with Crippen molar-refractivity contribution in [1.82, 2.24) is 4.98 Å². The second-order valence-electron chi connectivity index (χ2n) is 5.80. The van der Waals surface area contributed by atoms with Gasteiger partial charge < -0.3 is 4.90 Å². The van der Waals surface area contributed by atoms with Gasteiger partial charge in [0, 0.05) is 24.7 Å². The maximum Gasteiger partial charge on any atom is 0.129 e. The number of hydrogen-bond donors (Lipinski definition) is 0. The van der Waals surface area contributed by atoms with Crippen LogP contribution in [0.15, 0.2) is 12.1 Å². The molecule has 0 unspecified atom stereocenters. The largest absolute Gasteiger partial charge is 0.357 e. The van der Waals surface area contributed by atoms with Crippen LogP contribution in [0.3, 0.4) is 0 Å². The Balaban J connectivity index is 2.07. The molecule has 0 atom stereocenters. The maximum absolute atomic E-state index is 5.95. The van der Waals surface area contributed by atoms with Gasteiger partial charge >= 0.3 is 0 Å². The lowest BCUT2D eigenvalue weighted by Gasteiger charge is -2.35. The number of alkyl halides is 1. The van der Waals surface area contributed by atoms with Crippen LogP contribution in [0.1, 0.15) is 50.3 Å². The summed E-state index contributed by atoms with van der Waals surface area (Å²) >= 11 is 5.95. The number of aryl methyl sites for hydroxylation is 1. The summed E-state index contributed by atoms with van der Waals surface area (Å²) in [5.41, 5.74) is 2.22. The molecule has 0 aliphatic heterocycles.